The molecule has 2 N–H and O–H groups in total. The van der Waals surface area contributed by atoms with Gasteiger partial charge in [0.15, 0.2) is 0 Å². The van der Waals surface area contributed by atoms with Crippen LogP contribution in [0.4, 0.5) is 10.5 Å². The fourth-order valence-corrected chi connectivity index (χ4v) is 6.52. The zero-order chi connectivity index (χ0) is 29.2. The van der Waals surface area contributed by atoms with Gasteiger partial charge in [-0.3, -0.25) is 29.4 Å². The number of carbonyl (C=O) groups is 5. The second kappa shape index (κ2) is 11.9. The molecule has 220 valence electrons. The van der Waals surface area contributed by atoms with Gasteiger partial charge in [0.1, 0.15) is 12.6 Å². The average Bonchev–Trinajstić information content (AvgIpc) is 3.56. The van der Waals surface area contributed by atoms with Gasteiger partial charge in [-0.15, -0.1) is 0 Å². The number of hydrogen-bond donors (Lipinski definition) is 2. The first kappa shape index (κ1) is 27.9. The van der Waals surface area contributed by atoms with Gasteiger partial charge in [0, 0.05) is 45.2 Å². The van der Waals surface area contributed by atoms with Crippen LogP contribution in [0.1, 0.15) is 58.4 Å². The molecule has 2 aromatic rings. The van der Waals surface area contributed by atoms with Gasteiger partial charge in [0.2, 0.25) is 11.8 Å². The molecule has 4 aliphatic heterocycles. The summed E-state index contributed by atoms with van der Waals surface area (Å²) in [5.41, 5.74) is 2.33. The molecule has 5 amide bonds. The predicted molar refractivity (Wildman–Crippen MR) is 153 cm³/mol. The SMILES string of the molecule is O=C1CCC(N2C(=O)c3cccc(N4CC[C@@H](CN5CCC(NC(=O)OCc6ccccc6)CC5)C4)c3C2=O)C(=O)N1. The van der Waals surface area contributed by atoms with Crippen LogP contribution in [0.2, 0.25) is 0 Å². The molecule has 6 rings (SSSR count). The first-order valence-electron chi connectivity index (χ1n) is 14.7. The molecule has 4 heterocycles. The van der Waals surface area contributed by atoms with Crippen LogP contribution in [-0.4, -0.2) is 84.3 Å². The third-order valence-electron chi connectivity index (χ3n) is 8.71. The lowest BCUT2D eigenvalue weighted by molar-refractivity contribution is -0.136. The number of carbonyl (C=O) groups excluding carboxylic acids is 5. The second-order valence-electron chi connectivity index (χ2n) is 11.5. The van der Waals surface area contributed by atoms with Crippen molar-refractivity contribution in [2.75, 3.05) is 37.6 Å². The highest BCUT2D eigenvalue weighted by Crippen LogP contribution is 2.36. The summed E-state index contributed by atoms with van der Waals surface area (Å²) >= 11 is 0. The van der Waals surface area contributed by atoms with E-state index in [9.17, 15) is 24.0 Å². The van der Waals surface area contributed by atoms with E-state index in [0.29, 0.717) is 17.0 Å². The van der Waals surface area contributed by atoms with Crippen molar-refractivity contribution in [2.45, 2.75) is 50.8 Å². The van der Waals surface area contributed by atoms with Crippen molar-refractivity contribution in [3.63, 3.8) is 0 Å². The van der Waals surface area contributed by atoms with Gasteiger partial charge in [0.05, 0.1) is 16.8 Å². The number of hydrogen-bond acceptors (Lipinski definition) is 8. The lowest BCUT2D eigenvalue weighted by atomic mass is 10.0. The smallest absolute Gasteiger partial charge is 0.407 e. The average molecular weight is 574 g/mol. The maximum Gasteiger partial charge on any atom is 0.407 e. The Morgan fingerprint density at radius 3 is 2.45 bits per heavy atom. The van der Waals surface area contributed by atoms with Crippen molar-refractivity contribution in [1.82, 2.24) is 20.4 Å². The van der Waals surface area contributed by atoms with E-state index in [0.717, 1.165) is 68.1 Å². The summed E-state index contributed by atoms with van der Waals surface area (Å²) in [6, 6.07) is 14.0. The number of amides is 5. The standard InChI is InChI=1S/C31H35N5O6/c37-26-10-9-25(28(38)33-26)36-29(39)23-7-4-8-24(27(23)30(36)40)35-16-11-21(18-35)17-34-14-12-22(13-15-34)32-31(41)42-19-20-5-2-1-3-6-20/h1-8,21-22,25H,9-19H2,(H,32,41)(H,33,37,38)/t21-,25?/m0/s1. The first-order valence-corrected chi connectivity index (χ1v) is 14.7. The quantitative estimate of drug-likeness (QED) is 0.483. The lowest BCUT2D eigenvalue weighted by Crippen LogP contribution is -2.54. The molecule has 0 aromatic heterocycles. The molecule has 0 spiro atoms. The predicted octanol–water partition coefficient (Wildman–Crippen LogP) is 2.30. The zero-order valence-electron chi connectivity index (χ0n) is 23.4. The minimum absolute atomic E-state index is 0.0902. The van der Waals surface area contributed by atoms with Crippen LogP contribution in [0.25, 0.3) is 0 Å². The Bertz CT molecular complexity index is 1390. The molecule has 0 bridgehead atoms. The molecule has 0 saturated carbocycles. The van der Waals surface area contributed by atoms with E-state index in [-0.39, 0.29) is 31.6 Å². The summed E-state index contributed by atoms with van der Waals surface area (Å²) < 4.78 is 5.37. The van der Waals surface area contributed by atoms with Gasteiger partial charge in [-0.1, -0.05) is 36.4 Å². The third-order valence-corrected chi connectivity index (χ3v) is 8.71. The van der Waals surface area contributed by atoms with Gasteiger partial charge >= 0.3 is 6.09 Å². The van der Waals surface area contributed by atoms with Gasteiger partial charge in [-0.2, -0.15) is 0 Å². The number of alkyl carbamates (subject to hydrolysis) is 1. The number of benzene rings is 2. The molecule has 11 heteroatoms. The number of imide groups is 2. The second-order valence-corrected chi connectivity index (χ2v) is 11.5. The highest BCUT2D eigenvalue weighted by molar-refractivity contribution is 6.25. The molecule has 3 fully saturated rings. The number of ether oxygens (including phenoxy) is 1. The number of fused-ring (bicyclic) bond motifs is 1. The Labute approximate surface area is 244 Å². The third kappa shape index (κ3) is 5.74. The van der Waals surface area contributed by atoms with Crippen LogP contribution >= 0.6 is 0 Å². The molecule has 42 heavy (non-hydrogen) atoms. The summed E-state index contributed by atoms with van der Waals surface area (Å²) in [5.74, 6) is -1.55. The molecule has 0 radical (unpaired) electrons. The van der Waals surface area contributed by atoms with E-state index in [1.54, 1.807) is 12.1 Å². The normalized spacial score (nSPS) is 23.2. The van der Waals surface area contributed by atoms with Crippen molar-refractivity contribution in [1.29, 1.82) is 0 Å². The number of piperidine rings is 2. The van der Waals surface area contributed by atoms with E-state index < -0.39 is 29.7 Å². The van der Waals surface area contributed by atoms with Crippen LogP contribution in [0, 0.1) is 5.92 Å². The number of rotatable bonds is 7. The van der Waals surface area contributed by atoms with Crippen LogP contribution < -0.4 is 15.5 Å². The molecule has 2 atom stereocenters. The summed E-state index contributed by atoms with van der Waals surface area (Å²) in [7, 11) is 0. The van der Waals surface area contributed by atoms with Crippen molar-refractivity contribution < 1.29 is 28.7 Å². The van der Waals surface area contributed by atoms with Crippen molar-refractivity contribution in [3.8, 4) is 0 Å². The topological polar surface area (TPSA) is 128 Å². The van der Waals surface area contributed by atoms with Crippen molar-refractivity contribution in [2.24, 2.45) is 5.92 Å². The molecular formula is C31H35N5O6. The van der Waals surface area contributed by atoms with E-state index in [2.05, 4.69) is 20.4 Å². The summed E-state index contributed by atoms with van der Waals surface area (Å²) in [4.78, 5) is 68.6. The lowest BCUT2D eigenvalue weighted by Gasteiger charge is -2.33. The Balaban J connectivity index is 1.00. The highest BCUT2D eigenvalue weighted by atomic mass is 16.5. The largest absolute Gasteiger partial charge is 0.445 e. The van der Waals surface area contributed by atoms with Crippen LogP contribution in [-0.2, 0) is 20.9 Å². The van der Waals surface area contributed by atoms with E-state index in [1.165, 1.54) is 0 Å². The Hall–Kier alpha value is -4.25. The highest BCUT2D eigenvalue weighted by Gasteiger charge is 2.46. The Kier molecular flexibility index (Phi) is 7.92. The zero-order valence-corrected chi connectivity index (χ0v) is 23.4. The van der Waals surface area contributed by atoms with Crippen LogP contribution in [0.3, 0.4) is 0 Å². The maximum absolute atomic E-state index is 13.5. The Morgan fingerprint density at radius 1 is 0.905 bits per heavy atom. The maximum atomic E-state index is 13.5. The van der Waals surface area contributed by atoms with Crippen LogP contribution in [0.15, 0.2) is 48.5 Å². The van der Waals surface area contributed by atoms with Gasteiger partial charge < -0.3 is 19.9 Å². The van der Waals surface area contributed by atoms with E-state index in [4.69, 9.17) is 4.74 Å². The van der Waals surface area contributed by atoms with Crippen LogP contribution in [0.5, 0.6) is 0 Å². The molecule has 2 aromatic carbocycles. The first-order chi connectivity index (χ1) is 20.4. The fraction of sp³-hybridized carbons (Fsp3) is 0.452. The summed E-state index contributed by atoms with van der Waals surface area (Å²) in [6.07, 6.45) is 2.52. The van der Waals surface area contributed by atoms with Gasteiger partial charge in [-0.05, 0) is 49.3 Å². The molecule has 11 nitrogen and oxygen atoms in total. The Morgan fingerprint density at radius 2 is 1.69 bits per heavy atom. The van der Waals surface area contributed by atoms with Crippen molar-refractivity contribution in [3.05, 3.63) is 65.2 Å². The summed E-state index contributed by atoms with van der Waals surface area (Å²) in [5, 5.41) is 5.24. The van der Waals surface area contributed by atoms with E-state index >= 15 is 0 Å². The number of anilines is 1. The minimum atomic E-state index is -0.975. The monoisotopic (exact) mass is 573 g/mol. The minimum Gasteiger partial charge on any atom is -0.445 e. The van der Waals surface area contributed by atoms with Crippen molar-refractivity contribution >= 4 is 35.4 Å². The van der Waals surface area contributed by atoms with E-state index in [1.807, 2.05) is 36.4 Å². The summed E-state index contributed by atoms with van der Waals surface area (Å²) in [6.45, 7) is 4.48. The number of likely N-dealkylation sites (tertiary alicyclic amines) is 1. The molecule has 1 unspecified atom stereocenters. The fourth-order valence-electron chi connectivity index (χ4n) is 6.52. The molecule has 3 saturated heterocycles. The number of nitrogens with zero attached hydrogens (tertiary/aromatic N) is 3. The van der Waals surface area contributed by atoms with Gasteiger partial charge in [0.25, 0.3) is 11.8 Å². The van der Waals surface area contributed by atoms with Gasteiger partial charge in [-0.25, -0.2) is 4.79 Å². The number of nitrogens with one attached hydrogen (secondary N) is 2. The molecule has 4 aliphatic rings. The molecule has 0 aliphatic carbocycles. The molecular weight excluding hydrogens is 538 g/mol.